The van der Waals surface area contributed by atoms with Gasteiger partial charge in [0.05, 0.1) is 0 Å². The average molecular weight is 321 g/mol. The lowest BCUT2D eigenvalue weighted by molar-refractivity contribution is 1.05. The van der Waals surface area contributed by atoms with Crippen molar-refractivity contribution in [2.45, 2.75) is 31.1 Å². The van der Waals surface area contributed by atoms with E-state index in [0.29, 0.717) is 0 Å². The Kier molecular flexibility index (Phi) is 4.92. The van der Waals surface area contributed by atoms with Crippen LogP contribution in [0, 0.1) is 0 Å². The summed E-state index contributed by atoms with van der Waals surface area (Å²) >= 11 is 4.54. The molecule has 23 heavy (non-hydrogen) atoms. The molecule has 0 N–H and O–H groups in total. The summed E-state index contributed by atoms with van der Waals surface area (Å²) in [4.78, 5) is 3.39. The first-order chi connectivity index (χ1) is 11.2. The molecule has 0 fully saturated rings. The Hall–Kier alpha value is -1.93. The van der Waals surface area contributed by atoms with Crippen LogP contribution in [0.25, 0.3) is 0 Å². The van der Waals surface area contributed by atoms with Gasteiger partial charge in [0.1, 0.15) is 0 Å². The SMILES string of the molecule is C/C=C\Cc1ccc2c(c1)N(C)/C(=C/Cc1ccccc1S)C2. The monoisotopic (exact) mass is 321 g/mol. The van der Waals surface area contributed by atoms with E-state index < -0.39 is 0 Å². The van der Waals surface area contributed by atoms with E-state index in [0.717, 1.165) is 24.2 Å². The van der Waals surface area contributed by atoms with E-state index in [1.54, 1.807) is 0 Å². The topological polar surface area (TPSA) is 3.24 Å². The van der Waals surface area contributed by atoms with Crippen LogP contribution in [-0.2, 0) is 19.3 Å². The number of hydrogen-bond donors (Lipinski definition) is 1. The number of benzene rings is 2. The smallest absolute Gasteiger partial charge is 0.0445 e. The van der Waals surface area contributed by atoms with Gasteiger partial charge >= 0.3 is 0 Å². The van der Waals surface area contributed by atoms with Crippen molar-refractivity contribution in [1.29, 1.82) is 0 Å². The average Bonchev–Trinajstić information content (AvgIpc) is 2.88. The lowest BCUT2D eigenvalue weighted by Gasteiger charge is -2.16. The van der Waals surface area contributed by atoms with Gasteiger partial charge in [0.2, 0.25) is 0 Å². The zero-order valence-corrected chi connectivity index (χ0v) is 14.7. The van der Waals surface area contributed by atoms with Crippen molar-refractivity contribution >= 4 is 18.3 Å². The van der Waals surface area contributed by atoms with E-state index in [-0.39, 0.29) is 0 Å². The predicted molar refractivity (Wildman–Crippen MR) is 103 cm³/mol. The molecular formula is C21H23NS. The lowest BCUT2D eigenvalue weighted by atomic mass is 10.1. The first kappa shape index (κ1) is 15.9. The van der Waals surface area contributed by atoms with Crippen LogP contribution < -0.4 is 4.90 Å². The Morgan fingerprint density at radius 1 is 1.13 bits per heavy atom. The Balaban J connectivity index is 1.79. The fourth-order valence-corrected chi connectivity index (χ4v) is 3.29. The second kappa shape index (κ2) is 7.10. The van der Waals surface area contributed by atoms with Crippen molar-refractivity contribution in [1.82, 2.24) is 0 Å². The summed E-state index contributed by atoms with van der Waals surface area (Å²) in [7, 11) is 2.17. The third-order valence-corrected chi connectivity index (χ3v) is 4.89. The number of anilines is 1. The molecule has 0 radical (unpaired) electrons. The van der Waals surface area contributed by atoms with Gasteiger partial charge in [-0.25, -0.2) is 0 Å². The van der Waals surface area contributed by atoms with Crippen LogP contribution >= 0.6 is 12.6 Å². The quantitative estimate of drug-likeness (QED) is 0.597. The Morgan fingerprint density at radius 3 is 2.74 bits per heavy atom. The molecule has 0 atom stereocenters. The zero-order chi connectivity index (χ0) is 16.2. The Bertz CT molecular complexity index is 758. The van der Waals surface area contributed by atoms with Gasteiger partial charge in [-0.1, -0.05) is 48.6 Å². The third-order valence-electron chi connectivity index (χ3n) is 4.45. The van der Waals surface area contributed by atoms with E-state index in [9.17, 15) is 0 Å². The van der Waals surface area contributed by atoms with Crippen LogP contribution in [-0.4, -0.2) is 7.05 Å². The highest BCUT2D eigenvalue weighted by Crippen LogP contribution is 2.34. The van der Waals surface area contributed by atoms with Crippen molar-refractivity contribution < 1.29 is 0 Å². The van der Waals surface area contributed by atoms with Crippen molar-refractivity contribution in [2.24, 2.45) is 0 Å². The van der Waals surface area contributed by atoms with Crippen molar-refractivity contribution in [3.05, 3.63) is 83.1 Å². The molecular weight excluding hydrogens is 298 g/mol. The molecule has 3 rings (SSSR count). The van der Waals surface area contributed by atoms with Crippen LogP contribution in [0.2, 0.25) is 0 Å². The molecule has 118 valence electrons. The number of nitrogens with zero attached hydrogens (tertiary/aromatic N) is 1. The van der Waals surface area contributed by atoms with Crippen molar-refractivity contribution in [2.75, 3.05) is 11.9 Å². The second-order valence-corrected chi connectivity index (χ2v) is 6.48. The molecule has 0 saturated heterocycles. The maximum Gasteiger partial charge on any atom is 0.0445 e. The number of thiol groups is 1. The van der Waals surface area contributed by atoms with Gasteiger partial charge in [-0.2, -0.15) is 0 Å². The third kappa shape index (κ3) is 3.53. The number of likely N-dealkylation sites (N-methyl/N-ethyl adjacent to an activating group) is 1. The molecule has 2 aromatic carbocycles. The van der Waals surface area contributed by atoms with Gasteiger partial charge in [0.15, 0.2) is 0 Å². The molecule has 1 aliphatic heterocycles. The van der Waals surface area contributed by atoms with Crippen LogP contribution in [0.4, 0.5) is 5.69 Å². The molecule has 1 aliphatic rings. The number of allylic oxidation sites excluding steroid dienone is 4. The molecule has 0 aromatic heterocycles. The van der Waals surface area contributed by atoms with Crippen LogP contribution in [0.5, 0.6) is 0 Å². The molecule has 0 spiro atoms. The second-order valence-electron chi connectivity index (χ2n) is 6.00. The summed E-state index contributed by atoms with van der Waals surface area (Å²) in [5.41, 5.74) is 6.79. The van der Waals surface area contributed by atoms with Crippen LogP contribution in [0.15, 0.2) is 71.3 Å². The molecule has 0 saturated carbocycles. The first-order valence-electron chi connectivity index (χ1n) is 8.11. The summed E-state index contributed by atoms with van der Waals surface area (Å²) in [6.07, 6.45) is 9.60. The maximum atomic E-state index is 4.54. The molecule has 0 unspecified atom stereocenters. The van der Waals surface area contributed by atoms with Gasteiger partial charge in [-0.3, -0.25) is 0 Å². The van der Waals surface area contributed by atoms with Gasteiger partial charge in [-0.15, -0.1) is 12.6 Å². The summed E-state index contributed by atoms with van der Waals surface area (Å²) in [5, 5.41) is 0. The fourth-order valence-electron chi connectivity index (χ4n) is 3.04. The minimum atomic E-state index is 0.929. The van der Waals surface area contributed by atoms with Crippen LogP contribution in [0.3, 0.4) is 0 Å². The summed E-state index contributed by atoms with van der Waals surface area (Å²) < 4.78 is 0. The Morgan fingerprint density at radius 2 is 1.96 bits per heavy atom. The largest absolute Gasteiger partial charge is 0.348 e. The highest BCUT2D eigenvalue weighted by atomic mass is 32.1. The van der Waals surface area contributed by atoms with Crippen molar-refractivity contribution in [3.8, 4) is 0 Å². The van der Waals surface area contributed by atoms with Crippen LogP contribution in [0.1, 0.15) is 23.6 Å². The molecule has 2 aromatic rings. The molecule has 1 nitrogen and oxygen atoms in total. The molecule has 0 aliphatic carbocycles. The van der Waals surface area contributed by atoms with Gasteiger partial charge < -0.3 is 4.90 Å². The highest BCUT2D eigenvalue weighted by Gasteiger charge is 2.20. The fraction of sp³-hybridized carbons (Fsp3) is 0.238. The molecule has 1 heterocycles. The first-order valence-corrected chi connectivity index (χ1v) is 8.56. The van der Waals surface area contributed by atoms with Gasteiger partial charge in [0, 0.05) is 29.7 Å². The predicted octanol–water partition coefficient (Wildman–Crippen LogP) is 5.21. The molecule has 2 heteroatoms. The van der Waals surface area contributed by atoms with E-state index in [1.165, 1.54) is 28.1 Å². The standard InChI is InChI=1S/C21H23NS/c1-3-4-7-16-10-11-18-15-19(22(2)20(18)14-16)13-12-17-8-5-6-9-21(17)23/h3-6,8-11,13-14,23H,7,12,15H2,1-2H3/b4-3-,19-13+. The molecule has 0 amide bonds. The molecule has 0 bridgehead atoms. The normalized spacial score (nSPS) is 15.6. The summed E-state index contributed by atoms with van der Waals surface area (Å²) in [5.74, 6) is 0. The van der Waals surface area contributed by atoms with Gasteiger partial charge in [-0.05, 0) is 48.6 Å². The minimum absolute atomic E-state index is 0.929. The van der Waals surface area contributed by atoms with E-state index in [2.05, 4.69) is 86.1 Å². The highest BCUT2D eigenvalue weighted by molar-refractivity contribution is 7.80. The maximum absolute atomic E-state index is 4.54. The Labute approximate surface area is 144 Å². The van der Waals surface area contributed by atoms with Crippen molar-refractivity contribution in [3.63, 3.8) is 0 Å². The summed E-state index contributed by atoms with van der Waals surface area (Å²) in [6, 6.07) is 15.2. The lowest BCUT2D eigenvalue weighted by Crippen LogP contribution is -2.11. The van der Waals surface area contributed by atoms with E-state index in [4.69, 9.17) is 0 Å². The number of rotatable bonds is 4. The number of fused-ring (bicyclic) bond motifs is 1. The zero-order valence-electron chi connectivity index (χ0n) is 13.8. The van der Waals surface area contributed by atoms with Gasteiger partial charge in [0.25, 0.3) is 0 Å². The van der Waals surface area contributed by atoms with E-state index >= 15 is 0 Å². The minimum Gasteiger partial charge on any atom is -0.348 e. The summed E-state index contributed by atoms with van der Waals surface area (Å²) in [6.45, 7) is 2.07. The van der Waals surface area contributed by atoms with E-state index in [1.807, 2.05) is 6.07 Å². The number of hydrogen-bond acceptors (Lipinski definition) is 2.